The summed E-state index contributed by atoms with van der Waals surface area (Å²) in [6.45, 7) is 5.55. The van der Waals surface area contributed by atoms with E-state index >= 15 is 0 Å². The number of halogens is 2. The van der Waals surface area contributed by atoms with E-state index < -0.39 is 26.9 Å². The average molecular weight is 292 g/mol. The summed E-state index contributed by atoms with van der Waals surface area (Å²) in [5.41, 5.74) is -0.252. The first-order chi connectivity index (χ1) is 8.72. The molecule has 1 rings (SSSR count). The Bertz CT molecular complexity index is 533. The third-order valence-corrected chi connectivity index (χ3v) is 4.26. The Hall–Kier alpha value is -1.21. The lowest BCUT2D eigenvalue weighted by atomic mass is 10.3. The minimum absolute atomic E-state index is 0.153. The van der Waals surface area contributed by atoms with Gasteiger partial charge in [-0.3, -0.25) is 4.72 Å². The molecule has 0 amide bonds. The molecular weight excluding hydrogens is 274 g/mol. The Balaban J connectivity index is 2.78. The number of benzene rings is 1. The maximum atomic E-state index is 13.4. The molecule has 0 aromatic heterocycles. The predicted molar refractivity (Wildman–Crippen MR) is 71.5 cm³/mol. The van der Waals surface area contributed by atoms with Crippen LogP contribution < -0.4 is 10.0 Å². The van der Waals surface area contributed by atoms with E-state index in [-0.39, 0.29) is 18.3 Å². The van der Waals surface area contributed by atoms with Crippen LogP contribution in [0.3, 0.4) is 0 Å². The summed E-state index contributed by atoms with van der Waals surface area (Å²) < 4.78 is 52.1. The zero-order valence-corrected chi connectivity index (χ0v) is 11.9. The van der Waals surface area contributed by atoms with Crippen LogP contribution in [-0.2, 0) is 10.0 Å². The zero-order valence-electron chi connectivity index (χ0n) is 11.1. The van der Waals surface area contributed by atoms with Crippen molar-refractivity contribution < 1.29 is 17.2 Å². The van der Waals surface area contributed by atoms with E-state index in [1.807, 2.05) is 13.8 Å². The Labute approximate surface area is 112 Å². The summed E-state index contributed by atoms with van der Waals surface area (Å²) in [4.78, 5) is 0. The van der Waals surface area contributed by atoms with Gasteiger partial charge in [-0.1, -0.05) is 13.8 Å². The molecule has 0 bridgehead atoms. The lowest BCUT2D eigenvalue weighted by molar-refractivity contribution is 0.552. The highest BCUT2D eigenvalue weighted by atomic mass is 32.2. The summed E-state index contributed by atoms with van der Waals surface area (Å²) >= 11 is 0. The van der Waals surface area contributed by atoms with Crippen molar-refractivity contribution >= 4 is 15.7 Å². The van der Waals surface area contributed by atoms with Gasteiger partial charge in [-0.25, -0.2) is 17.2 Å². The maximum Gasteiger partial charge on any atom is 0.236 e. The first-order valence-electron chi connectivity index (χ1n) is 5.92. The van der Waals surface area contributed by atoms with Crippen LogP contribution in [0, 0.1) is 11.6 Å². The van der Waals surface area contributed by atoms with Crippen molar-refractivity contribution in [3.63, 3.8) is 0 Å². The summed E-state index contributed by atoms with van der Waals surface area (Å²) in [6, 6.07) is 2.85. The molecule has 108 valence electrons. The van der Waals surface area contributed by atoms with Crippen LogP contribution in [0.25, 0.3) is 0 Å². The van der Waals surface area contributed by atoms with Crippen LogP contribution in [0.4, 0.5) is 14.5 Å². The van der Waals surface area contributed by atoms with Gasteiger partial charge in [0, 0.05) is 18.7 Å². The Morgan fingerprint density at radius 2 is 1.84 bits per heavy atom. The number of hydrogen-bond acceptors (Lipinski definition) is 3. The summed E-state index contributed by atoms with van der Waals surface area (Å²) in [7, 11) is -3.72. The molecule has 2 N–H and O–H groups in total. The van der Waals surface area contributed by atoms with E-state index in [1.165, 1.54) is 6.92 Å². The van der Waals surface area contributed by atoms with Gasteiger partial charge >= 0.3 is 0 Å². The van der Waals surface area contributed by atoms with E-state index in [0.29, 0.717) is 6.07 Å². The van der Waals surface area contributed by atoms with Crippen LogP contribution in [0.1, 0.15) is 20.8 Å². The van der Waals surface area contributed by atoms with Crippen molar-refractivity contribution in [1.82, 2.24) is 5.32 Å². The molecule has 0 saturated heterocycles. The van der Waals surface area contributed by atoms with Crippen LogP contribution >= 0.6 is 0 Å². The van der Waals surface area contributed by atoms with Gasteiger partial charge < -0.3 is 5.32 Å². The molecular formula is C12H18F2N2O2S. The van der Waals surface area contributed by atoms with Crippen molar-refractivity contribution in [3.05, 3.63) is 29.8 Å². The maximum absolute atomic E-state index is 13.4. The Morgan fingerprint density at radius 3 is 2.37 bits per heavy atom. The smallest absolute Gasteiger partial charge is 0.236 e. The van der Waals surface area contributed by atoms with E-state index in [2.05, 4.69) is 10.0 Å². The largest absolute Gasteiger partial charge is 0.313 e. The molecule has 0 heterocycles. The number of rotatable bonds is 6. The highest BCUT2D eigenvalue weighted by molar-refractivity contribution is 7.93. The van der Waals surface area contributed by atoms with Gasteiger partial charge in [0.05, 0.1) is 10.9 Å². The summed E-state index contributed by atoms with van der Waals surface area (Å²) in [5.74, 6) is -1.69. The molecule has 0 radical (unpaired) electrons. The second-order valence-electron chi connectivity index (χ2n) is 4.64. The third-order valence-electron chi connectivity index (χ3n) is 2.53. The molecule has 1 atom stereocenters. The fourth-order valence-corrected chi connectivity index (χ4v) is 2.33. The van der Waals surface area contributed by atoms with Crippen molar-refractivity contribution in [2.75, 3.05) is 11.3 Å². The van der Waals surface area contributed by atoms with Crippen LogP contribution in [0.15, 0.2) is 18.2 Å². The third kappa shape index (κ3) is 4.76. The van der Waals surface area contributed by atoms with Gasteiger partial charge in [-0.15, -0.1) is 0 Å². The van der Waals surface area contributed by atoms with Crippen molar-refractivity contribution in [1.29, 1.82) is 0 Å². The molecule has 1 aromatic rings. The normalized spacial score (nSPS) is 13.6. The molecule has 0 aliphatic rings. The van der Waals surface area contributed by atoms with Crippen LogP contribution in [0.5, 0.6) is 0 Å². The van der Waals surface area contributed by atoms with Gasteiger partial charge in [-0.05, 0) is 19.1 Å². The summed E-state index contributed by atoms with van der Waals surface area (Å²) in [5, 5.41) is 2.25. The van der Waals surface area contributed by atoms with Gasteiger partial charge in [0.25, 0.3) is 0 Å². The predicted octanol–water partition coefficient (Wildman–Crippen LogP) is 2.09. The number of sulfonamides is 1. The zero-order chi connectivity index (χ0) is 14.6. The van der Waals surface area contributed by atoms with Gasteiger partial charge in [0.2, 0.25) is 10.0 Å². The molecule has 0 saturated carbocycles. The molecule has 0 aliphatic heterocycles. The summed E-state index contributed by atoms with van der Waals surface area (Å²) in [6.07, 6.45) is 0. The molecule has 1 aromatic carbocycles. The van der Waals surface area contributed by atoms with Gasteiger partial charge in [0.1, 0.15) is 11.6 Å². The second kappa shape index (κ2) is 6.29. The van der Waals surface area contributed by atoms with Crippen LogP contribution in [0.2, 0.25) is 0 Å². The average Bonchev–Trinajstić information content (AvgIpc) is 2.29. The minimum atomic E-state index is -3.72. The van der Waals surface area contributed by atoms with E-state index in [1.54, 1.807) is 0 Å². The lowest BCUT2D eigenvalue weighted by Gasteiger charge is -2.17. The molecule has 0 aliphatic carbocycles. The highest BCUT2D eigenvalue weighted by Gasteiger charge is 2.22. The van der Waals surface area contributed by atoms with Crippen molar-refractivity contribution in [2.45, 2.75) is 32.1 Å². The number of nitrogens with one attached hydrogen (secondary N) is 2. The first kappa shape index (κ1) is 15.8. The Kier molecular flexibility index (Phi) is 5.25. The standard InChI is InChI=1S/C12H18F2N2O2S/c1-8(2)15-7-9(3)19(17,18)16-12-5-4-10(13)6-11(12)14/h4-6,8-9,15-16H,7H2,1-3H3. The minimum Gasteiger partial charge on any atom is -0.313 e. The monoisotopic (exact) mass is 292 g/mol. The number of anilines is 1. The second-order valence-corrected chi connectivity index (χ2v) is 6.74. The van der Waals surface area contributed by atoms with Crippen LogP contribution in [-0.4, -0.2) is 26.3 Å². The van der Waals surface area contributed by atoms with E-state index in [9.17, 15) is 17.2 Å². The quantitative estimate of drug-likeness (QED) is 0.844. The Morgan fingerprint density at radius 1 is 1.21 bits per heavy atom. The SMILES string of the molecule is CC(C)NCC(C)S(=O)(=O)Nc1ccc(F)cc1F. The topological polar surface area (TPSA) is 58.2 Å². The molecule has 1 unspecified atom stereocenters. The molecule has 19 heavy (non-hydrogen) atoms. The fraction of sp³-hybridized carbons (Fsp3) is 0.500. The first-order valence-corrected chi connectivity index (χ1v) is 7.47. The van der Waals surface area contributed by atoms with Crippen molar-refractivity contribution in [3.8, 4) is 0 Å². The van der Waals surface area contributed by atoms with Crippen molar-refractivity contribution in [2.24, 2.45) is 0 Å². The number of hydrogen-bond donors (Lipinski definition) is 2. The molecule has 0 fully saturated rings. The van der Waals surface area contributed by atoms with Gasteiger partial charge in [-0.2, -0.15) is 0 Å². The fourth-order valence-electron chi connectivity index (χ4n) is 1.34. The lowest BCUT2D eigenvalue weighted by Crippen LogP contribution is -2.37. The highest BCUT2D eigenvalue weighted by Crippen LogP contribution is 2.17. The molecule has 4 nitrogen and oxygen atoms in total. The van der Waals surface area contributed by atoms with E-state index in [4.69, 9.17) is 0 Å². The van der Waals surface area contributed by atoms with Gasteiger partial charge in [0.15, 0.2) is 0 Å². The molecule has 7 heteroatoms. The van der Waals surface area contributed by atoms with E-state index in [0.717, 1.165) is 12.1 Å². The molecule has 0 spiro atoms.